The Morgan fingerprint density at radius 2 is 0.606 bits per heavy atom. The van der Waals surface area contributed by atoms with Crippen LogP contribution in [0.3, 0.4) is 0 Å². The summed E-state index contributed by atoms with van der Waals surface area (Å²) in [6.45, 7) is 75.2. The van der Waals surface area contributed by atoms with E-state index in [1.165, 1.54) is 0 Å². The summed E-state index contributed by atoms with van der Waals surface area (Å²) in [5, 5.41) is 1.72. The Morgan fingerprint density at radius 1 is 0.212 bits per heavy atom. The van der Waals surface area contributed by atoms with Gasteiger partial charge in [-0.05, 0) is 272 Å². The van der Waals surface area contributed by atoms with Crippen LogP contribution in [0.1, 0.15) is 339 Å². The van der Waals surface area contributed by atoms with Crippen molar-refractivity contribution < 1.29 is 23.3 Å². The molecule has 5 heteroatoms. The lowest BCUT2D eigenvalue weighted by Gasteiger charge is -2.46. The summed E-state index contributed by atoms with van der Waals surface area (Å²) >= 11 is 0. The molecular weight excluding hydrogens is 1650 g/mol. The molecule has 0 amide bonds. The molecule has 2 aromatic heterocycles. The second kappa shape index (κ2) is 32.5. The van der Waals surface area contributed by atoms with Gasteiger partial charge in [0.15, 0.2) is 0 Å². The zero-order valence-corrected chi connectivity index (χ0v) is 88.4. The largest absolute Gasteiger partial charge is 0.310 e. The summed E-state index contributed by atoms with van der Waals surface area (Å²) in [5.74, 6) is 0. The first-order chi connectivity index (χ1) is 70.6. The van der Waals surface area contributed by atoms with E-state index in [2.05, 4.69) is 321 Å². The smallest absolute Gasteiger partial charge is 0.252 e. The van der Waals surface area contributed by atoms with Gasteiger partial charge in [0.1, 0.15) is 0 Å². The highest BCUT2D eigenvalue weighted by molar-refractivity contribution is 7.00. The fraction of sp³-hybridized carbons (Fsp3) is 0.364. The van der Waals surface area contributed by atoms with Gasteiger partial charge in [0.05, 0.1) is 62.4 Å². The molecule has 0 bridgehead atoms. The zero-order valence-electron chi connectivity index (χ0n) is 105. The minimum Gasteiger partial charge on any atom is -0.310 e. The highest BCUT2D eigenvalue weighted by atomic mass is 15.2. The fourth-order valence-electron chi connectivity index (χ4n) is 20.0. The number of benzene rings is 14. The summed E-state index contributed by atoms with van der Waals surface area (Å²) in [6.07, 6.45) is 0. The number of rotatable bonds is 9. The van der Waals surface area contributed by atoms with Crippen LogP contribution in [0.4, 0.5) is 34.1 Å². The lowest BCUT2D eigenvalue weighted by molar-refractivity contribution is 0.568. The van der Waals surface area contributed by atoms with Gasteiger partial charge in [-0.3, -0.25) is 0 Å². The molecule has 0 unspecified atom stereocenters. The maximum Gasteiger partial charge on any atom is 0.252 e. The van der Waals surface area contributed by atoms with Crippen LogP contribution in [-0.4, -0.2) is 15.8 Å². The van der Waals surface area contributed by atoms with Gasteiger partial charge in [-0.1, -0.05) is 419 Å². The Morgan fingerprint density at radius 3 is 1.09 bits per heavy atom. The first-order valence-corrected chi connectivity index (χ1v) is 49.4. The van der Waals surface area contributed by atoms with E-state index in [0.717, 1.165) is 105 Å². The predicted octanol–water partition coefficient (Wildman–Crippen LogP) is 35.9. The number of nitrogens with zero attached hydrogens (tertiary/aromatic N) is 4. The standard InChI is InChI=1S/C132H151BN4/c1-121(2,3)84-50-45-80(46-51-84)99-72-92(129(25,26)27)74-104(96-59-54-89(126(16,17)18)76-107(96)132(34,35)36)119(99)137-115-77-94(134-112-63-56-87(124(10,11)12)70-102(112)103-71-88(125(13,14)15)57-64-113(103)134)58-62-109(115)133-108-61-49-82(83-65-90(127(19,20)21)68-91(66-83)128(22,23)24)67-114(108)136(116-78-95(79-117(137)118(116)133)135-110-43-39-37-41-97(110)98-42-38-40-44-111(98)135)120-100(81-47-52-85(53-48-81)122(4,5)6)73-93(130(28,29)30)75-105(120)101-69-86(123(7,8)9)55-60-106(101)131(31,32)33/h37-79H,1-36H3/i37D,38D,39D,40D,41D,42D,43D,44D,47D,48D,52D,53D,55D,60D,69D,73D,75D. The quantitative estimate of drug-likeness (QED) is 0.134. The molecule has 0 radical (unpaired) electrons. The molecule has 0 saturated carbocycles. The minimum atomic E-state index is -1.23. The maximum absolute atomic E-state index is 12.1. The Kier molecular flexibility index (Phi) is 18.1. The number of aromatic nitrogens is 2. The van der Waals surface area contributed by atoms with Crippen LogP contribution in [0.25, 0.3) is 111 Å². The van der Waals surface area contributed by atoms with Crippen LogP contribution in [0.15, 0.2) is 260 Å². The van der Waals surface area contributed by atoms with Gasteiger partial charge in [0, 0.05) is 72.2 Å². The average Bonchev–Trinajstić information content (AvgIpc) is 0.989. The fourth-order valence-corrected chi connectivity index (χ4v) is 20.0. The molecule has 14 aromatic carbocycles. The third-order valence-electron chi connectivity index (χ3n) is 28.5. The van der Waals surface area contributed by atoms with E-state index < -0.39 is 110 Å². The van der Waals surface area contributed by atoms with Gasteiger partial charge in [-0.25, -0.2) is 0 Å². The number of anilines is 6. The van der Waals surface area contributed by atoms with E-state index in [4.69, 9.17) is 0 Å². The van der Waals surface area contributed by atoms with Crippen molar-refractivity contribution in [1.82, 2.24) is 9.13 Å². The van der Waals surface area contributed by atoms with Crippen molar-refractivity contribution in [1.29, 1.82) is 0 Å². The van der Waals surface area contributed by atoms with Gasteiger partial charge in [0.2, 0.25) is 0 Å². The van der Waals surface area contributed by atoms with Crippen LogP contribution in [-0.2, 0) is 65.0 Å². The molecule has 4 nitrogen and oxygen atoms in total. The van der Waals surface area contributed by atoms with Crippen LogP contribution in [0, 0.1) is 0 Å². The number of hydrogen-bond acceptors (Lipinski definition) is 2. The van der Waals surface area contributed by atoms with Gasteiger partial charge in [-0.2, -0.15) is 0 Å². The van der Waals surface area contributed by atoms with Gasteiger partial charge in [0.25, 0.3) is 6.71 Å². The maximum atomic E-state index is 12.1. The van der Waals surface area contributed by atoms with Gasteiger partial charge in [-0.15, -0.1) is 0 Å². The number of fused-ring (bicyclic) bond motifs is 10. The van der Waals surface area contributed by atoms with Crippen molar-refractivity contribution in [3.8, 4) is 67.0 Å². The first kappa shape index (κ1) is 76.3. The molecule has 0 fully saturated rings. The topological polar surface area (TPSA) is 16.3 Å². The molecule has 2 aliphatic rings. The average molecular weight is 1820 g/mol. The Bertz CT molecular complexity index is 8430. The van der Waals surface area contributed by atoms with Crippen molar-refractivity contribution in [2.24, 2.45) is 0 Å². The Balaban J connectivity index is 1.21. The van der Waals surface area contributed by atoms with Crippen LogP contribution in [0.5, 0.6) is 0 Å². The van der Waals surface area contributed by atoms with Crippen molar-refractivity contribution >= 4 is 101 Å². The third-order valence-corrected chi connectivity index (χ3v) is 28.5. The van der Waals surface area contributed by atoms with E-state index in [-0.39, 0.29) is 147 Å². The lowest BCUT2D eigenvalue weighted by atomic mass is 9.33. The van der Waals surface area contributed by atoms with Gasteiger partial charge < -0.3 is 18.9 Å². The summed E-state index contributed by atoms with van der Waals surface area (Å²) in [6, 6.07) is 50.2. The molecule has 0 saturated heterocycles. The molecule has 0 aliphatic carbocycles. The first-order valence-electron chi connectivity index (χ1n) is 57.9. The molecule has 0 atom stereocenters. The van der Waals surface area contributed by atoms with E-state index in [1.54, 1.807) is 4.57 Å². The Labute approximate surface area is 846 Å². The van der Waals surface area contributed by atoms with Crippen LogP contribution in [0.2, 0.25) is 0 Å². The van der Waals surface area contributed by atoms with Crippen LogP contribution < -0.4 is 26.2 Å². The monoisotopic (exact) mass is 1820 g/mol. The molecule has 16 aromatic rings. The molecule has 0 N–H and O–H groups in total. The molecule has 18 rings (SSSR count). The highest BCUT2D eigenvalue weighted by Crippen LogP contribution is 2.59. The zero-order chi connectivity index (χ0) is 114. The van der Waals surface area contributed by atoms with Gasteiger partial charge >= 0.3 is 0 Å². The number of para-hydroxylation sites is 2. The van der Waals surface area contributed by atoms with Crippen molar-refractivity contribution in [2.75, 3.05) is 9.80 Å². The Hall–Kier alpha value is -11.7. The van der Waals surface area contributed by atoms with E-state index in [0.29, 0.717) is 39.2 Å². The normalized spacial score (nSPS) is 15.7. The molecule has 4 heterocycles. The van der Waals surface area contributed by atoms with Crippen molar-refractivity contribution in [2.45, 2.75) is 314 Å². The molecule has 137 heavy (non-hydrogen) atoms. The summed E-state index contributed by atoms with van der Waals surface area (Å²) in [7, 11) is 0. The third kappa shape index (κ3) is 17.3. The summed E-state index contributed by atoms with van der Waals surface area (Å²) < 4.78 is 186. The second-order valence-electron chi connectivity index (χ2n) is 51.6. The molecule has 702 valence electrons. The van der Waals surface area contributed by atoms with E-state index in [9.17, 15) is 23.3 Å². The van der Waals surface area contributed by atoms with E-state index in [1.807, 2.05) is 100 Å². The van der Waals surface area contributed by atoms with Crippen molar-refractivity contribution in [3.05, 3.63) is 327 Å². The highest BCUT2D eigenvalue weighted by Gasteiger charge is 2.48. The van der Waals surface area contributed by atoms with E-state index >= 15 is 0 Å². The molecule has 2 aliphatic heterocycles. The second-order valence-corrected chi connectivity index (χ2v) is 51.6. The molecule has 0 spiro atoms. The molecular formula is C132H151BN4. The number of hydrogen-bond donors (Lipinski definition) is 0. The summed E-state index contributed by atoms with van der Waals surface area (Å²) in [4.78, 5) is 4.37. The van der Waals surface area contributed by atoms with Crippen LogP contribution >= 0.6 is 0 Å². The van der Waals surface area contributed by atoms with Crippen molar-refractivity contribution in [3.63, 3.8) is 0 Å². The predicted molar refractivity (Wildman–Crippen MR) is 601 cm³/mol. The minimum absolute atomic E-state index is 0.0389. The summed E-state index contributed by atoms with van der Waals surface area (Å²) in [5.41, 5.74) is 12.5. The lowest BCUT2D eigenvalue weighted by Crippen LogP contribution is -2.61. The SMILES string of the molecule is [2H]c1c([2H])c(C(C)(C)C)c([2H])c([2H])c1-c1c([2H])c(C(C)(C)C)c([2H])c(-c2c([2H])c(C(C)(C)C)c([2H])c([2H])c2C(C)(C)C)c1N1c2cc(-c3cc(C(C)(C)C)cc(C(C)(C)C)c3)ccc2B2c3ccc(-n4c5ccc(C(C)(C)C)cc5c5cc(C(C)(C)C)ccc54)cc3N(c3c(-c4ccc(C(C)(C)C)cc4)cc(C(C)(C)C)cc3-c3ccc(C(C)(C)C)cc3C(C)(C)C)c3cc(-n4c5c([2H])c([2H])c([2H])c([2H])c5c5c([2H])c([2H])c([2H])c([2H])c54)cc1c32.